The molecule has 6 nitrogen and oxygen atoms in total. The number of rotatable bonds is 6. The Bertz CT molecular complexity index is 423. The number of hydrogen-bond acceptors (Lipinski definition) is 4. The van der Waals surface area contributed by atoms with E-state index in [0.717, 1.165) is 71.0 Å². The van der Waals surface area contributed by atoms with Gasteiger partial charge >= 0.3 is 0 Å². The van der Waals surface area contributed by atoms with E-state index >= 15 is 0 Å². The standard InChI is InChI=1S/C17H33N5OS.HI/c1-15(16(23)21-8-4-5-9-21)20-10-12-22(13-11-20)17(18-2)19-7-6-14-24-3;/h15H,4-14H2,1-3H3,(H,18,19);1H. The Morgan fingerprint density at radius 2 is 1.76 bits per heavy atom. The van der Waals surface area contributed by atoms with Gasteiger partial charge in [0.1, 0.15) is 0 Å². The van der Waals surface area contributed by atoms with Gasteiger partial charge in [-0.15, -0.1) is 24.0 Å². The van der Waals surface area contributed by atoms with Crippen LogP contribution in [0.25, 0.3) is 0 Å². The number of halogens is 1. The minimum absolute atomic E-state index is 0. The molecule has 1 unspecified atom stereocenters. The molecule has 0 radical (unpaired) electrons. The lowest BCUT2D eigenvalue weighted by atomic mass is 10.2. The molecule has 0 aliphatic carbocycles. The zero-order valence-corrected chi connectivity index (χ0v) is 19.0. The smallest absolute Gasteiger partial charge is 0.239 e. The number of amides is 1. The largest absolute Gasteiger partial charge is 0.356 e. The average molecular weight is 483 g/mol. The third kappa shape index (κ3) is 6.78. The Balaban J connectivity index is 0.00000312. The fraction of sp³-hybridized carbons (Fsp3) is 0.882. The molecule has 0 aromatic carbocycles. The van der Waals surface area contributed by atoms with Crippen LogP contribution in [0.3, 0.4) is 0 Å². The van der Waals surface area contributed by atoms with E-state index in [4.69, 9.17) is 0 Å². The molecule has 1 atom stereocenters. The maximum Gasteiger partial charge on any atom is 0.239 e. The molecule has 2 aliphatic rings. The highest BCUT2D eigenvalue weighted by molar-refractivity contribution is 14.0. The van der Waals surface area contributed by atoms with Gasteiger partial charge in [0.25, 0.3) is 0 Å². The number of hydrogen-bond donors (Lipinski definition) is 1. The van der Waals surface area contributed by atoms with Crippen molar-refractivity contribution in [2.75, 3.05) is 64.9 Å². The van der Waals surface area contributed by atoms with Gasteiger partial charge in [0, 0.05) is 52.9 Å². The van der Waals surface area contributed by atoms with Crippen molar-refractivity contribution in [3.63, 3.8) is 0 Å². The number of carbonyl (C=O) groups excluding carboxylic acids is 1. The van der Waals surface area contributed by atoms with E-state index in [1.165, 1.54) is 5.75 Å². The van der Waals surface area contributed by atoms with E-state index in [2.05, 4.69) is 33.3 Å². The Morgan fingerprint density at radius 1 is 1.12 bits per heavy atom. The second-order valence-electron chi connectivity index (χ2n) is 6.55. The Kier molecular flexibility index (Phi) is 11.2. The predicted octanol–water partition coefficient (Wildman–Crippen LogP) is 1.56. The van der Waals surface area contributed by atoms with Crippen molar-refractivity contribution in [3.05, 3.63) is 0 Å². The summed E-state index contributed by atoms with van der Waals surface area (Å²) in [5, 5.41) is 3.45. The number of likely N-dealkylation sites (tertiary alicyclic amines) is 1. The minimum Gasteiger partial charge on any atom is -0.356 e. The van der Waals surface area contributed by atoms with Crippen molar-refractivity contribution < 1.29 is 4.79 Å². The van der Waals surface area contributed by atoms with Crippen molar-refractivity contribution in [1.82, 2.24) is 20.0 Å². The zero-order valence-electron chi connectivity index (χ0n) is 15.9. The number of nitrogens with one attached hydrogen (secondary N) is 1. The highest BCUT2D eigenvalue weighted by atomic mass is 127. The van der Waals surface area contributed by atoms with Gasteiger partial charge in [0.2, 0.25) is 5.91 Å². The lowest BCUT2D eigenvalue weighted by Crippen LogP contribution is -2.57. The molecule has 2 heterocycles. The summed E-state index contributed by atoms with van der Waals surface area (Å²) in [4.78, 5) is 23.6. The van der Waals surface area contributed by atoms with E-state index in [1.807, 2.05) is 23.7 Å². The first-order chi connectivity index (χ1) is 11.7. The monoisotopic (exact) mass is 483 g/mol. The zero-order chi connectivity index (χ0) is 17.4. The second-order valence-corrected chi connectivity index (χ2v) is 7.54. The topological polar surface area (TPSA) is 51.2 Å². The van der Waals surface area contributed by atoms with Gasteiger partial charge in [0.05, 0.1) is 6.04 Å². The summed E-state index contributed by atoms with van der Waals surface area (Å²) >= 11 is 1.88. The third-order valence-electron chi connectivity index (χ3n) is 4.96. The first-order valence-corrected chi connectivity index (χ1v) is 10.5. The summed E-state index contributed by atoms with van der Waals surface area (Å²) in [6.07, 6.45) is 5.61. The lowest BCUT2D eigenvalue weighted by Gasteiger charge is -2.39. The van der Waals surface area contributed by atoms with E-state index < -0.39 is 0 Å². The summed E-state index contributed by atoms with van der Waals surface area (Å²) in [7, 11) is 1.85. The van der Waals surface area contributed by atoms with Crippen LogP contribution in [0.15, 0.2) is 4.99 Å². The lowest BCUT2D eigenvalue weighted by molar-refractivity contribution is -0.135. The minimum atomic E-state index is 0. The van der Waals surface area contributed by atoms with Crippen LogP contribution in [0.4, 0.5) is 0 Å². The van der Waals surface area contributed by atoms with Gasteiger partial charge in [-0.1, -0.05) is 0 Å². The number of nitrogens with zero attached hydrogens (tertiary/aromatic N) is 4. The normalized spacial score (nSPS) is 20.4. The summed E-state index contributed by atoms with van der Waals surface area (Å²) in [6, 6.07) is 0.00167. The van der Waals surface area contributed by atoms with Gasteiger partial charge < -0.3 is 15.1 Å². The Hall–Kier alpha value is -0.220. The Labute approximate surface area is 174 Å². The second kappa shape index (κ2) is 12.2. The molecule has 0 aromatic heterocycles. The highest BCUT2D eigenvalue weighted by Crippen LogP contribution is 2.14. The van der Waals surface area contributed by atoms with Crippen LogP contribution in [0, 0.1) is 0 Å². The number of thioether (sulfide) groups is 1. The third-order valence-corrected chi connectivity index (χ3v) is 5.65. The summed E-state index contributed by atoms with van der Waals surface area (Å²) in [5.41, 5.74) is 0. The van der Waals surface area contributed by atoms with Crippen LogP contribution in [0.1, 0.15) is 26.2 Å². The van der Waals surface area contributed by atoms with Gasteiger partial charge in [-0.25, -0.2) is 0 Å². The number of guanidine groups is 1. The van der Waals surface area contributed by atoms with Crippen molar-refractivity contribution >= 4 is 47.6 Å². The van der Waals surface area contributed by atoms with E-state index in [1.54, 1.807) is 0 Å². The van der Waals surface area contributed by atoms with E-state index in [9.17, 15) is 4.79 Å². The molecule has 2 aliphatic heterocycles. The summed E-state index contributed by atoms with van der Waals surface area (Å²) in [6.45, 7) is 8.62. The van der Waals surface area contributed by atoms with Gasteiger partial charge in [-0.3, -0.25) is 14.7 Å². The van der Waals surface area contributed by atoms with Gasteiger partial charge in [0.15, 0.2) is 5.96 Å². The molecule has 0 saturated carbocycles. The predicted molar refractivity (Wildman–Crippen MR) is 118 cm³/mol. The van der Waals surface area contributed by atoms with Crippen LogP contribution in [-0.4, -0.2) is 97.5 Å². The molecule has 2 fully saturated rings. The van der Waals surface area contributed by atoms with Gasteiger partial charge in [-0.2, -0.15) is 11.8 Å². The molecule has 8 heteroatoms. The first-order valence-electron chi connectivity index (χ1n) is 9.14. The summed E-state index contributed by atoms with van der Waals surface area (Å²) in [5.74, 6) is 2.48. The average Bonchev–Trinajstić information content (AvgIpc) is 3.15. The van der Waals surface area contributed by atoms with Crippen LogP contribution in [-0.2, 0) is 4.79 Å². The maximum atomic E-state index is 12.6. The molecule has 0 aromatic rings. The molecule has 25 heavy (non-hydrogen) atoms. The quantitative estimate of drug-likeness (QED) is 0.269. The molecule has 2 saturated heterocycles. The number of aliphatic imine (C=N–C) groups is 1. The fourth-order valence-electron chi connectivity index (χ4n) is 3.43. The molecule has 1 amide bonds. The fourth-order valence-corrected chi connectivity index (χ4v) is 3.86. The van der Waals surface area contributed by atoms with Crippen LogP contribution < -0.4 is 5.32 Å². The summed E-state index contributed by atoms with van der Waals surface area (Å²) < 4.78 is 0. The molecule has 2 rings (SSSR count). The van der Waals surface area contributed by atoms with Crippen LogP contribution in [0.2, 0.25) is 0 Å². The number of piperazine rings is 1. The van der Waals surface area contributed by atoms with Crippen molar-refractivity contribution in [3.8, 4) is 0 Å². The highest BCUT2D eigenvalue weighted by Gasteiger charge is 2.30. The molecular formula is C17H34IN5OS. The SMILES string of the molecule is CN=C(NCCCSC)N1CCN(C(C)C(=O)N2CCCC2)CC1.I. The van der Waals surface area contributed by atoms with Crippen molar-refractivity contribution in [1.29, 1.82) is 0 Å². The first kappa shape index (κ1) is 22.8. The van der Waals surface area contributed by atoms with Crippen LogP contribution in [0.5, 0.6) is 0 Å². The molecule has 0 bridgehead atoms. The van der Waals surface area contributed by atoms with Crippen LogP contribution >= 0.6 is 35.7 Å². The van der Waals surface area contributed by atoms with Crippen molar-refractivity contribution in [2.45, 2.75) is 32.2 Å². The Morgan fingerprint density at radius 3 is 2.32 bits per heavy atom. The number of carbonyl (C=O) groups is 1. The molecular weight excluding hydrogens is 449 g/mol. The van der Waals surface area contributed by atoms with Crippen molar-refractivity contribution in [2.24, 2.45) is 4.99 Å². The molecule has 0 spiro atoms. The van der Waals surface area contributed by atoms with Gasteiger partial charge in [-0.05, 0) is 38.2 Å². The maximum absolute atomic E-state index is 12.6. The molecule has 1 N–H and O–H groups in total. The van der Waals surface area contributed by atoms with E-state index in [0.29, 0.717) is 5.91 Å². The molecule has 146 valence electrons. The van der Waals surface area contributed by atoms with E-state index in [-0.39, 0.29) is 30.0 Å².